The molecule has 3 aliphatic rings. The van der Waals surface area contributed by atoms with Gasteiger partial charge in [-0.2, -0.15) is 0 Å². The lowest BCUT2D eigenvalue weighted by molar-refractivity contribution is -0.257. The zero-order chi connectivity index (χ0) is 47.3. The van der Waals surface area contributed by atoms with Gasteiger partial charge in [0, 0.05) is 50.1 Å². The van der Waals surface area contributed by atoms with Gasteiger partial charge in [0.2, 0.25) is 11.7 Å². The van der Waals surface area contributed by atoms with Gasteiger partial charge in [-0.25, -0.2) is 4.79 Å². The van der Waals surface area contributed by atoms with Crippen LogP contribution in [0.3, 0.4) is 0 Å². The van der Waals surface area contributed by atoms with Crippen molar-refractivity contribution in [1.82, 2.24) is 4.90 Å². The molecule has 1 saturated carbocycles. The van der Waals surface area contributed by atoms with Crippen LogP contribution < -0.4 is 24.3 Å². The van der Waals surface area contributed by atoms with Gasteiger partial charge in [0.05, 0.1) is 38.1 Å². The van der Waals surface area contributed by atoms with Crippen molar-refractivity contribution < 1.29 is 48.3 Å². The second-order valence-corrected chi connectivity index (χ2v) is 17.9. The van der Waals surface area contributed by atoms with E-state index in [4.69, 9.17) is 33.7 Å². The third-order valence-corrected chi connectivity index (χ3v) is 13.5. The third-order valence-electron chi connectivity index (χ3n) is 13.5. The van der Waals surface area contributed by atoms with E-state index < -0.39 is 23.8 Å². The Hall–Kier alpha value is -4.59. The summed E-state index contributed by atoms with van der Waals surface area (Å²) in [5.41, 5.74) is 3.01. The second-order valence-electron chi connectivity index (χ2n) is 17.9. The highest BCUT2D eigenvalue weighted by Crippen LogP contribution is 2.62. The van der Waals surface area contributed by atoms with Crippen molar-refractivity contribution in [3.05, 3.63) is 66.3 Å². The summed E-state index contributed by atoms with van der Waals surface area (Å²) in [7, 11) is 3.08. The van der Waals surface area contributed by atoms with Crippen LogP contribution in [0.15, 0.2) is 65.9 Å². The highest BCUT2D eigenvalue weighted by Gasteiger charge is 2.65. The van der Waals surface area contributed by atoms with Gasteiger partial charge in [-0.15, -0.1) is 6.58 Å². The van der Waals surface area contributed by atoms with E-state index in [0.29, 0.717) is 67.5 Å². The van der Waals surface area contributed by atoms with E-state index in [1.54, 1.807) is 37.5 Å². The van der Waals surface area contributed by atoms with Gasteiger partial charge in [0.25, 0.3) is 0 Å². The maximum absolute atomic E-state index is 14.7. The number of nitrogens with one attached hydrogen (secondary N) is 1. The van der Waals surface area contributed by atoms with Crippen molar-refractivity contribution in [2.24, 2.45) is 22.9 Å². The molecule has 13 heteroatoms. The van der Waals surface area contributed by atoms with Crippen LogP contribution in [0.1, 0.15) is 148 Å². The fourth-order valence-electron chi connectivity index (χ4n) is 10.4. The molecule has 0 saturated heterocycles. The van der Waals surface area contributed by atoms with Crippen molar-refractivity contribution >= 4 is 23.4 Å². The first kappa shape index (κ1) is 52.4. The fraction of sp³-hybridized carbons (Fsp3) is 0.642. The molecule has 0 radical (unpaired) electrons. The number of benzene rings is 2. The fourth-order valence-corrected chi connectivity index (χ4v) is 10.4. The van der Waals surface area contributed by atoms with Crippen LogP contribution in [0.25, 0.3) is 0 Å². The number of methoxy groups -OCH3 is 2. The van der Waals surface area contributed by atoms with Crippen molar-refractivity contribution in [1.29, 1.82) is 0 Å². The first-order valence-electron chi connectivity index (χ1n) is 24.9. The normalized spacial score (nSPS) is 22.3. The van der Waals surface area contributed by atoms with Crippen LogP contribution in [0.5, 0.6) is 23.0 Å². The largest absolute Gasteiger partial charge is 0.497 e. The number of ether oxygens (including phenoxy) is 5. The standard InChI is InChI=1S/C53H79N3O10/c1-7-11-12-13-14-15-16-17-18-25-49(59)56(30-8-2)48-37-45(55-64-10-4)42-34-38(23-19-21-31-57)41(24-20-22-32-58)50-43-35-40(27-29-46(43)66-53(48,51(42)50)63-33-9-3)65-52(60)54-44-28-26-39(61-5)36-47(44)62-6/h9,26-29,34-36,38,41,48,50-51,57-58H,3,7-8,10-25,30-33,37H2,1-2,4-6H3,(H,54,60). The number of amides is 2. The number of hydrogen-bond acceptors (Lipinski definition) is 11. The molecule has 1 heterocycles. The van der Waals surface area contributed by atoms with Crippen LogP contribution in [0.2, 0.25) is 0 Å². The van der Waals surface area contributed by atoms with Gasteiger partial charge in [-0.05, 0) is 93.2 Å². The Morgan fingerprint density at radius 1 is 0.879 bits per heavy atom. The number of oxime groups is 1. The van der Waals surface area contributed by atoms with E-state index in [-0.39, 0.29) is 43.5 Å². The highest BCUT2D eigenvalue weighted by atomic mass is 16.7. The molecule has 2 aromatic rings. The summed E-state index contributed by atoms with van der Waals surface area (Å²) < 4.78 is 31.3. The third kappa shape index (κ3) is 13.3. The Balaban J connectivity index is 1.60. The van der Waals surface area contributed by atoms with E-state index in [1.165, 1.54) is 45.6 Å². The smallest absolute Gasteiger partial charge is 0.417 e. The number of aliphatic hydroxyl groups is 2. The van der Waals surface area contributed by atoms with Crippen molar-refractivity contribution in [2.45, 2.75) is 154 Å². The average Bonchev–Trinajstić information content (AvgIpc) is 3.32. The number of carbonyl (C=O) groups excluding carboxylic acids is 2. The Morgan fingerprint density at radius 3 is 2.26 bits per heavy atom. The molecule has 0 bridgehead atoms. The molecule has 1 aliphatic heterocycles. The topological polar surface area (TPSA) is 158 Å². The number of nitrogens with zero attached hydrogens (tertiary/aromatic N) is 2. The average molecular weight is 918 g/mol. The van der Waals surface area contributed by atoms with Gasteiger partial charge in [0.1, 0.15) is 35.6 Å². The maximum Gasteiger partial charge on any atom is 0.417 e. The number of fused-ring (bicyclic) bond motifs is 2. The molecule has 1 fully saturated rings. The van der Waals surface area contributed by atoms with Crippen LogP contribution in [0, 0.1) is 17.8 Å². The zero-order valence-electron chi connectivity index (χ0n) is 40.5. The molecule has 366 valence electrons. The predicted octanol–water partition coefficient (Wildman–Crippen LogP) is 11.1. The zero-order valence-corrected chi connectivity index (χ0v) is 40.5. The van der Waals surface area contributed by atoms with E-state index in [9.17, 15) is 19.8 Å². The minimum absolute atomic E-state index is 0.0235. The summed E-state index contributed by atoms with van der Waals surface area (Å²) in [6.45, 7) is 11.5. The molecule has 13 nitrogen and oxygen atoms in total. The minimum Gasteiger partial charge on any atom is -0.497 e. The number of carbonyl (C=O) groups is 2. The quantitative estimate of drug-likeness (QED) is 0.0391. The summed E-state index contributed by atoms with van der Waals surface area (Å²) in [5.74, 6) is 0.0123. The Labute approximate surface area is 394 Å². The van der Waals surface area contributed by atoms with E-state index in [2.05, 4.69) is 31.8 Å². The predicted molar refractivity (Wildman–Crippen MR) is 260 cm³/mol. The van der Waals surface area contributed by atoms with Crippen molar-refractivity contribution in [3.8, 4) is 23.0 Å². The summed E-state index contributed by atoms with van der Waals surface area (Å²) in [5, 5.41) is 27.5. The van der Waals surface area contributed by atoms with Crippen molar-refractivity contribution in [3.63, 3.8) is 0 Å². The first-order chi connectivity index (χ1) is 32.2. The molecular weight excluding hydrogens is 839 g/mol. The van der Waals surface area contributed by atoms with Crippen LogP contribution in [-0.2, 0) is 14.4 Å². The Bertz CT molecular complexity index is 1900. The van der Waals surface area contributed by atoms with Crippen LogP contribution >= 0.6 is 0 Å². The van der Waals surface area contributed by atoms with Gasteiger partial charge in [-0.3, -0.25) is 10.1 Å². The molecule has 0 aromatic heterocycles. The molecule has 0 spiro atoms. The molecular formula is C53H79N3O10. The monoisotopic (exact) mass is 918 g/mol. The number of unbranched alkanes of at least 4 members (excludes halogenated alkanes) is 10. The van der Waals surface area contributed by atoms with Gasteiger partial charge >= 0.3 is 6.09 Å². The first-order valence-corrected chi connectivity index (χ1v) is 24.9. The SMILES string of the molecule is C=CCOC12Oc3ccc(OC(=O)Nc4ccc(OC)cc4OC)cc3C3C(CCCCO)C(CCCCO)C=C(C(=NOCC)CC1N(CCC)C(=O)CCCCCCCCCCC)C32. The lowest BCUT2D eigenvalue weighted by Gasteiger charge is -2.60. The number of aliphatic hydroxyl groups excluding tert-OH is 2. The van der Waals surface area contributed by atoms with E-state index >= 15 is 0 Å². The lowest BCUT2D eigenvalue weighted by atomic mass is 9.55. The molecule has 2 aromatic carbocycles. The summed E-state index contributed by atoms with van der Waals surface area (Å²) >= 11 is 0. The van der Waals surface area contributed by atoms with Gasteiger partial charge in [0.15, 0.2) is 0 Å². The highest BCUT2D eigenvalue weighted by molar-refractivity contribution is 6.03. The lowest BCUT2D eigenvalue weighted by Crippen LogP contribution is -2.70. The number of rotatable bonds is 30. The van der Waals surface area contributed by atoms with Gasteiger partial charge < -0.3 is 43.6 Å². The van der Waals surface area contributed by atoms with Crippen molar-refractivity contribution in [2.75, 3.05) is 52.5 Å². The maximum atomic E-state index is 14.7. The molecule has 2 aliphatic carbocycles. The summed E-state index contributed by atoms with van der Waals surface area (Å²) in [6, 6.07) is 10.0. The minimum atomic E-state index is -1.35. The molecule has 3 N–H and O–H groups in total. The second kappa shape index (κ2) is 27.3. The Kier molecular flexibility index (Phi) is 21.6. The van der Waals surface area contributed by atoms with E-state index in [1.807, 2.05) is 24.0 Å². The molecule has 6 atom stereocenters. The number of hydrogen-bond donors (Lipinski definition) is 3. The molecule has 66 heavy (non-hydrogen) atoms. The summed E-state index contributed by atoms with van der Waals surface area (Å²) in [6.07, 6.45) is 19.9. The molecule has 6 unspecified atom stereocenters. The van der Waals surface area contributed by atoms with E-state index in [0.717, 1.165) is 68.2 Å². The summed E-state index contributed by atoms with van der Waals surface area (Å²) in [4.78, 5) is 36.2. The van der Waals surface area contributed by atoms with Crippen LogP contribution in [-0.4, -0.2) is 91.8 Å². The Morgan fingerprint density at radius 2 is 1.59 bits per heavy atom. The molecule has 5 rings (SSSR count). The van der Waals surface area contributed by atoms with Crippen LogP contribution in [0.4, 0.5) is 10.5 Å². The molecule has 2 amide bonds. The van der Waals surface area contributed by atoms with Gasteiger partial charge in [-0.1, -0.05) is 95.4 Å². The number of allylic oxidation sites excluding steroid dienone is 1. The number of anilines is 1.